The molecule has 0 spiro atoms. The van der Waals surface area contributed by atoms with Gasteiger partial charge >= 0.3 is 5.97 Å². The summed E-state index contributed by atoms with van der Waals surface area (Å²) in [7, 11) is 5.15. The van der Waals surface area contributed by atoms with Crippen molar-refractivity contribution >= 4 is 17.3 Å². The number of hydrogen-bond acceptors (Lipinski definition) is 4. The number of methoxy groups -OCH3 is 2. The summed E-state index contributed by atoms with van der Waals surface area (Å²) in [5.41, 5.74) is 5.66. The number of rotatable bonds is 6. The topological polar surface area (TPSA) is 38.8 Å². The summed E-state index contributed by atoms with van der Waals surface area (Å²) in [6.07, 6.45) is 13.3. The van der Waals surface area contributed by atoms with Crippen molar-refractivity contribution < 1.29 is 14.3 Å². The lowest BCUT2D eigenvalue weighted by Gasteiger charge is -2.29. The highest BCUT2D eigenvalue weighted by atomic mass is 16.5. The van der Waals surface area contributed by atoms with Crippen molar-refractivity contribution in [1.29, 1.82) is 0 Å². The number of anilines is 2. The summed E-state index contributed by atoms with van der Waals surface area (Å²) in [5, 5.41) is 0. The van der Waals surface area contributed by atoms with Crippen LogP contribution in [-0.2, 0) is 4.74 Å². The maximum Gasteiger partial charge on any atom is 0.337 e. The first-order valence-corrected chi connectivity index (χ1v) is 12.3. The molecule has 32 heavy (non-hydrogen) atoms. The fourth-order valence-corrected chi connectivity index (χ4v) is 5.53. The van der Waals surface area contributed by atoms with Gasteiger partial charge in [-0.1, -0.05) is 44.6 Å². The van der Waals surface area contributed by atoms with Crippen molar-refractivity contribution in [2.24, 2.45) is 0 Å². The number of carbonyl (C=O) groups excluding carboxylic acids is 1. The van der Waals surface area contributed by atoms with Gasteiger partial charge in [-0.3, -0.25) is 0 Å². The van der Waals surface area contributed by atoms with E-state index in [0.29, 0.717) is 23.1 Å². The van der Waals surface area contributed by atoms with Gasteiger partial charge in [-0.25, -0.2) is 4.79 Å². The van der Waals surface area contributed by atoms with Crippen LogP contribution in [0.25, 0.3) is 0 Å². The number of esters is 1. The van der Waals surface area contributed by atoms with Gasteiger partial charge in [0, 0.05) is 12.7 Å². The average Bonchev–Trinajstić information content (AvgIpc) is 2.88. The Hall–Kier alpha value is -2.49. The predicted octanol–water partition coefficient (Wildman–Crippen LogP) is 7.35. The quantitative estimate of drug-likeness (QED) is 0.445. The van der Waals surface area contributed by atoms with Crippen LogP contribution in [-0.4, -0.2) is 27.2 Å². The second-order valence-corrected chi connectivity index (χ2v) is 9.46. The Balaban J connectivity index is 1.71. The fraction of sp³-hybridized carbons (Fsp3) is 0.536. The molecule has 0 amide bonds. The molecule has 2 aliphatic rings. The molecule has 0 bridgehead atoms. The van der Waals surface area contributed by atoms with Crippen LogP contribution in [0.15, 0.2) is 36.4 Å². The molecule has 0 aliphatic heterocycles. The largest absolute Gasteiger partial charge is 0.495 e. The Morgan fingerprint density at radius 1 is 0.812 bits per heavy atom. The highest BCUT2D eigenvalue weighted by Gasteiger charge is 2.22. The van der Waals surface area contributed by atoms with Gasteiger partial charge in [0.15, 0.2) is 0 Å². The molecule has 0 aromatic heterocycles. The minimum Gasteiger partial charge on any atom is -0.495 e. The molecule has 172 valence electrons. The third kappa shape index (κ3) is 4.95. The molecule has 4 nitrogen and oxygen atoms in total. The summed E-state index contributed by atoms with van der Waals surface area (Å²) in [6, 6.07) is 12.8. The average molecular weight is 436 g/mol. The van der Waals surface area contributed by atoms with Crippen molar-refractivity contribution in [2.75, 3.05) is 26.2 Å². The van der Waals surface area contributed by atoms with Gasteiger partial charge in [-0.05, 0) is 79.0 Å². The molecule has 4 heteroatoms. The van der Waals surface area contributed by atoms with E-state index in [1.165, 1.54) is 88.1 Å². The lowest BCUT2D eigenvalue weighted by Crippen LogP contribution is -2.15. The van der Waals surface area contributed by atoms with Crippen LogP contribution in [0, 0.1) is 0 Å². The van der Waals surface area contributed by atoms with Crippen LogP contribution >= 0.6 is 0 Å². The molecule has 2 aliphatic carbocycles. The molecule has 2 fully saturated rings. The first kappa shape index (κ1) is 22.7. The van der Waals surface area contributed by atoms with E-state index in [1.807, 2.05) is 12.1 Å². The van der Waals surface area contributed by atoms with Gasteiger partial charge in [-0.15, -0.1) is 0 Å². The summed E-state index contributed by atoms with van der Waals surface area (Å²) < 4.78 is 10.5. The van der Waals surface area contributed by atoms with Gasteiger partial charge in [0.05, 0.1) is 25.5 Å². The Labute approximate surface area is 192 Å². The SMILES string of the molecule is COC(=O)c1ccc(N(C)c2cc(C3CCCCC3)cc(C3CCCCC3)c2)c(OC)c1. The third-order valence-electron chi connectivity index (χ3n) is 7.47. The molecule has 0 radical (unpaired) electrons. The van der Waals surface area contributed by atoms with Crippen molar-refractivity contribution in [3.05, 3.63) is 53.1 Å². The zero-order chi connectivity index (χ0) is 22.5. The maximum atomic E-state index is 12.0. The summed E-state index contributed by atoms with van der Waals surface area (Å²) in [4.78, 5) is 14.2. The molecule has 0 saturated heterocycles. The van der Waals surface area contributed by atoms with Crippen LogP contribution in [0.2, 0.25) is 0 Å². The third-order valence-corrected chi connectivity index (χ3v) is 7.47. The van der Waals surface area contributed by atoms with E-state index in [1.54, 1.807) is 13.2 Å². The number of carbonyl (C=O) groups is 1. The highest BCUT2D eigenvalue weighted by molar-refractivity contribution is 5.91. The number of nitrogens with zero attached hydrogens (tertiary/aromatic N) is 1. The van der Waals surface area contributed by atoms with Crippen LogP contribution in [0.3, 0.4) is 0 Å². The van der Waals surface area contributed by atoms with Crippen LogP contribution in [0.1, 0.15) is 97.5 Å². The zero-order valence-electron chi connectivity index (χ0n) is 19.9. The van der Waals surface area contributed by atoms with Crippen LogP contribution in [0.4, 0.5) is 11.4 Å². The van der Waals surface area contributed by atoms with Gasteiger partial charge in [-0.2, -0.15) is 0 Å². The molecule has 0 atom stereocenters. The molecule has 4 rings (SSSR count). The molecule has 2 saturated carbocycles. The highest BCUT2D eigenvalue weighted by Crippen LogP contribution is 2.41. The minimum absolute atomic E-state index is 0.351. The second kappa shape index (κ2) is 10.4. The molecular weight excluding hydrogens is 398 g/mol. The monoisotopic (exact) mass is 435 g/mol. The fourth-order valence-electron chi connectivity index (χ4n) is 5.53. The van der Waals surface area contributed by atoms with Crippen molar-refractivity contribution in [3.8, 4) is 5.75 Å². The summed E-state index contributed by atoms with van der Waals surface area (Å²) in [6.45, 7) is 0. The van der Waals surface area contributed by atoms with Gasteiger partial charge in [0.25, 0.3) is 0 Å². The molecule has 2 aromatic carbocycles. The van der Waals surface area contributed by atoms with Gasteiger partial charge in [0.2, 0.25) is 0 Å². The molecule has 0 N–H and O–H groups in total. The van der Waals surface area contributed by atoms with E-state index in [-0.39, 0.29) is 5.97 Å². The minimum atomic E-state index is -0.351. The molecule has 0 unspecified atom stereocenters. The smallest absolute Gasteiger partial charge is 0.337 e. The summed E-state index contributed by atoms with van der Waals surface area (Å²) in [5.74, 6) is 1.67. The normalized spacial score (nSPS) is 17.7. The van der Waals surface area contributed by atoms with E-state index in [0.717, 1.165) is 5.69 Å². The van der Waals surface area contributed by atoms with Crippen molar-refractivity contribution in [2.45, 2.75) is 76.0 Å². The van der Waals surface area contributed by atoms with E-state index >= 15 is 0 Å². The van der Waals surface area contributed by atoms with Crippen molar-refractivity contribution in [3.63, 3.8) is 0 Å². The molecule has 2 aromatic rings. The lowest BCUT2D eigenvalue weighted by atomic mass is 9.79. The summed E-state index contributed by atoms with van der Waals surface area (Å²) >= 11 is 0. The predicted molar refractivity (Wildman–Crippen MR) is 130 cm³/mol. The zero-order valence-corrected chi connectivity index (χ0v) is 19.9. The number of ether oxygens (including phenoxy) is 2. The Bertz CT molecular complexity index is 890. The first-order chi connectivity index (χ1) is 15.6. The molecular formula is C28H37NO3. The number of hydrogen-bond donors (Lipinski definition) is 0. The molecule has 0 heterocycles. The van der Waals surface area contributed by atoms with Crippen LogP contribution < -0.4 is 9.64 Å². The van der Waals surface area contributed by atoms with E-state index in [4.69, 9.17) is 9.47 Å². The Morgan fingerprint density at radius 2 is 1.38 bits per heavy atom. The standard InChI is InChI=1S/C28H37NO3/c1-29(26-15-14-22(28(30)32-3)19-27(26)31-2)25-17-23(20-10-6-4-7-11-20)16-24(18-25)21-12-8-5-9-13-21/h14-21H,4-13H2,1-3H3. The van der Waals surface area contributed by atoms with Gasteiger partial charge in [0.1, 0.15) is 5.75 Å². The maximum absolute atomic E-state index is 12.0. The lowest BCUT2D eigenvalue weighted by molar-refractivity contribution is 0.0600. The Morgan fingerprint density at radius 3 is 1.88 bits per heavy atom. The first-order valence-electron chi connectivity index (χ1n) is 12.3. The van der Waals surface area contributed by atoms with E-state index in [9.17, 15) is 4.79 Å². The van der Waals surface area contributed by atoms with E-state index < -0.39 is 0 Å². The van der Waals surface area contributed by atoms with Crippen LogP contribution in [0.5, 0.6) is 5.75 Å². The number of benzene rings is 2. The van der Waals surface area contributed by atoms with Crippen molar-refractivity contribution in [1.82, 2.24) is 0 Å². The van der Waals surface area contributed by atoms with Gasteiger partial charge < -0.3 is 14.4 Å². The second-order valence-electron chi connectivity index (χ2n) is 9.46. The van der Waals surface area contributed by atoms with E-state index in [2.05, 4.69) is 30.1 Å². The Kier molecular flexibility index (Phi) is 7.39.